The molecule has 3 N–H and O–H groups in total. The number of halogens is 1. The predicted molar refractivity (Wildman–Crippen MR) is 78.0 cm³/mol. The Morgan fingerprint density at radius 1 is 1.17 bits per heavy atom. The van der Waals surface area contributed by atoms with E-state index >= 15 is 0 Å². The molecule has 0 spiro atoms. The van der Waals surface area contributed by atoms with Crippen LogP contribution < -0.4 is 11.1 Å². The van der Waals surface area contributed by atoms with E-state index in [0.717, 1.165) is 0 Å². The third kappa shape index (κ3) is 4.67. The summed E-state index contributed by atoms with van der Waals surface area (Å²) in [6, 6.07) is 10.1. The van der Waals surface area contributed by atoms with E-state index in [1.807, 2.05) is 18.2 Å². The van der Waals surface area contributed by atoms with Gasteiger partial charge < -0.3 is 11.1 Å². The molecule has 18 heavy (non-hydrogen) atoms. The molecule has 0 bridgehead atoms. The number of hydrogen-bond acceptors (Lipinski definition) is 2. The minimum absolute atomic E-state index is 0. The molecule has 0 aliphatic rings. The Morgan fingerprint density at radius 3 is 2.11 bits per heavy atom. The molecule has 1 rings (SSSR count). The maximum absolute atomic E-state index is 11.7. The predicted octanol–water partition coefficient (Wildman–Crippen LogP) is 2.24. The van der Waals surface area contributed by atoms with E-state index in [0.29, 0.717) is 6.54 Å². The van der Waals surface area contributed by atoms with Crippen molar-refractivity contribution >= 4 is 18.3 Å². The fourth-order valence-corrected chi connectivity index (χ4v) is 1.52. The summed E-state index contributed by atoms with van der Waals surface area (Å²) in [5.74, 6) is -0.124. The Balaban J connectivity index is 0.00000289. The Hall–Kier alpha value is -1.06. The van der Waals surface area contributed by atoms with Crippen molar-refractivity contribution in [2.75, 3.05) is 6.54 Å². The van der Waals surface area contributed by atoms with Crippen molar-refractivity contribution in [2.45, 2.75) is 38.6 Å². The highest BCUT2D eigenvalue weighted by molar-refractivity contribution is 5.85. The molecule has 0 aliphatic carbocycles. The number of nitrogens with two attached hydrogens (primary N) is 1. The Bertz CT molecular complexity index is 383. The number of amides is 1. The third-order valence-corrected chi connectivity index (χ3v) is 2.83. The number of rotatable bonds is 4. The fraction of sp³-hybridized carbons (Fsp3) is 0.500. The van der Waals surface area contributed by atoms with Crippen molar-refractivity contribution in [1.82, 2.24) is 5.32 Å². The van der Waals surface area contributed by atoms with Gasteiger partial charge in [0.2, 0.25) is 5.91 Å². The lowest BCUT2D eigenvalue weighted by Crippen LogP contribution is -2.51. The smallest absolute Gasteiger partial charge is 0.239 e. The third-order valence-electron chi connectivity index (χ3n) is 2.83. The minimum atomic E-state index is -0.827. The average Bonchev–Trinajstić information content (AvgIpc) is 2.26. The molecule has 0 atom stereocenters. The van der Waals surface area contributed by atoms with Crippen LogP contribution in [-0.2, 0) is 10.2 Å². The number of carbonyl (C=O) groups is 1. The molecule has 1 amide bonds. The van der Waals surface area contributed by atoms with Crippen LogP contribution in [-0.4, -0.2) is 18.0 Å². The van der Waals surface area contributed by atoms with Crippen LogP contribution in [0.15, 0.2) is 30.3 Å². The van der Waals surface area contributed by atoms with Crippen LogP contribution in [0.25, 0.3) is 0 Å². The van der Waals surface area contributed by atoms with Crippen molar-refractivity contribution in [3.63, 3.8) is 0 Å². The first kappa shape index (κ1) is 16.9. The molecule has 0 saturated heterocycles. The topological polar surface area (TPSA) is 55.1 Å². The van der Waals surface area contributed by atoms with Gasteiger partial charge in [-0.25, -0.2) is 0 Å². The van der Waals surface area contributed by atoms with Crippen molar-refractivity contribution in [1.29, 1.82) is 0 Å². The van der Waals surface area contributed by atoms with Crippen LogP contribution in [0.4, 0.5) is 0 Å². The van der Waals surface area contributed by atoms with E-state index in [-0.39, 0.29) is 23.7 Å². The second kappa shape index (κ2) is 6.21. The molecule has 4 heteroatoms. The molecule has 1 aromatic rings. The van der Waals surface area contributed by atoms with Gasteiger partial charge in [0.1, 0.15) is 0 Å². The Kier molecular flexibility index (Phi) is 5.84. The first-order valence-corrected chi connectivity index (χ1v) is 5.86. The highest BCUT2D eigenvalue weighted by Gasteiger charge is 2.26. The second-order valence-electron chi connectivity index (χ2n) is 5.65. The van der Waals surface area contributed by atoms with E-state index in [2.05, 4.69) is 31.3 Å². The van der Waals surface area contributed by atoms with Gasteiger partial charge in [0.05, 0.1) is 5.54 Å². The lowest BCUT2D eigenvalue weighted by atomic mass is 9.84. The molecule has 1 aromatic carbocycles. The zero-order valence-electron chi connectivity index (χ0n) is 11.5. The van der Waals surface area contributed by atoms with Crippen LogP contribution in [0.3, 0.4) is 0 Å². The quantitative estimate of drug-likeness (QED) is 0.882. The van der Waals surface area contributed by atoms with Crippen LogP contribution in [0, 0.1) is 0 Å². The highest BCUT2D eigenvalue weighted by atomic mass is 35.5. The fourth-order valence-electron chi connectivity index (χ4n) is 1.52. The first-order valence-electron chi connectivity index (χ1n) is 5.86. The molecule has 0 unspecified atom stereocenters. The number of carbonyl (C=O) groups excluding carboxylic acids is 1. The maximum atomic E-state index is 11.7. The number of benzene rings is 1. The van der Waals surface area contributed by atoms with Crippen molar-refractivity contribution in [3.8, 4) is 0 Å². The van der Waals surface area contributed by atoms with Gasteiger partial charge in [-0.3, -0.25) is 4.79 Å². The van der Waals surface area contributed by atoms with E-state index in [4.69, 9.17) is 5.73 Å². The zero-order chi connectivity index (χ0) is 13.1. The summed E-state index contributed by atoms with van der Waals surface area (Å²) in [5.41, 5.74) is 6.02. The molecule has 102 valence electrons. The minimum Gasteiger partial charge on any atom is -0.354 e. The Morgan fingerprint density at radius 2 is 1.67 bits per heavy atom. The van der Waals surface area contributed by atoms with Gasteiger partial charge in [-0.15, -0.1) is 12.4 Å². The summed E-state index contributed by atoms with van der Waals surface area (Å²) >= 11 is 0. The van der Waals surface area contributed by atoms with Crippen LogP contribution >= 0.6 is 12.4 Å². The van der Waals surface area contributed by atoms with Gasteiger partial charge in [-0.1, -0.05) is 44.2 Å². The lowest BCUT2D eigenvalue weighted by molar-refractivity contribution is -0.125. The first-order chi connectivity index (χ1) is 7.73. The SMILES string of the molecule is CC(C)(N)C(=O)NCC(C)(C)c1ccccc1.Cl. The maximum Gasteiger partial charge on any atom is 0.239 e. The summed E-state index contributed by atoms with van der Waals surface area (Å²) in [4.78, 5) is 11.7. The van der Waals surface area contributed by atoms with Crippen molar-refractivity contribution in [2.24, 2.45) is 5.73 Å². The molecule has 0 aliphatic heterocycles. The lowest BCUT2D eigenvalue weighted by Gasteiger charge is -2.27. The molecule has 0 aromatic heterocycles. The largest absolute Gasteiger partial charge is 0.354 e. The summed E-state index contributed by atoms with van der Waals surface area (Å²) in [6.45, 7) is 8.20. The highest BCUT2D eigenvalue weighted by Crippen LogP contribution is 2.21. The van der Waals surface area contributed by atoms with Crippen molar-refractivity contribution in [3.05, 3.63) is 35.9 Å². The van der Waals surface area contributed by atoms with Gasteiger partial charge in [0.25, 0.3) is 0 Å². The zero-order valence-corrected chi connectivity index (χ0v) is 12.3. The van der Waals surface area contributed by atoms with Gasteiger partial charge in [0, 0.05) is 12.0 Å². The van der Waals surface area contributed by atoms with Crippen LogP contribution in [0.5, 0.6) is 0 Å². The number of hydrogen-bond donors (Lipinski definition) is 2. The summed E-state index contributed by atoms with van der Waals surface area (Å²) in [5, 5.41) is 2.90. The monoisotopic (exact) mass is 270 g/mol. The van der Waals surface area contributed by atoms with E-state index < -0.39 is 5.54 Å². The van der Waals surface area contributed by atoms with Gasteiger partial charge in [-0.05, 0) is 19.4 Å². The van der Waals surface area contributed by atoms with E-state index in [1.165, 1.54) is 5.56 Å². The van der Waals surface area contributed by atoms with E-state index in [9.17, 15) is 4.79 Å². The molecular weight excluding hydrogens is 248 g/mol. The standard InChI is InChI=1S/C14H22N2O.ClH/c1-13(2,11-8-6-5-7-9-11)10-16-12(17)14(3,4)15;/h5-9H,10,15H2,1-4H3,(H,16,17);1H. The van der Waals surface area contributed by atoms with Crippen LogP contribution in [0.2, 0.25) is 0 Å². The van der Waals surface area contributed by atoms with Gasteiger partial charge in [0.15, 0.2) is 0 Å². The number of nitrogens with one attached hydrogen (secondary N) is 1. The molecular formula is C14H23ClN2O. The molecule has 0 heterocycles. The molecule has 3 nitrogen and oxygen atoms in total. The second-order valence-corrected chi connectivity index (χ2v) is 5.65. The average molecular weight is 271 g/mol. The van der Waals surface area contributed by atoms with Crippen molar-refractivity contribution < 1.29 is 4.79 Å². The van der Waals surface area contributed by atoms with Gasteiger partial charge in [-0.2, -0.15) is 0 Å². The van der Waals surface area contributed by atoms with Gasteiger partial charge >= 0.3 is 0 Å². The molecule has 0 radical (unpaired) electrons. The summed E-state index contributed by atoms with van der Waals surface area (Å²) < 4.78 is 0. The molecule has 0 saturated carbocycles. The van der Waals surface area contributed by atoms with Crippen LogP contribution in [0.1, 0.15) is 33.3 Å². The normalized spacial score (nSPS) is 11.6. The summed E-state index contributed by atoms with van der Waals surface area (Å²) in [7, 11) is 0. The van der Waals surface area contributed by atoms with E-state index in [1.54, 1.807) is 13.8 Å². The molecule has 0 fully saturated rings. The summed E-state index contributed by atoms with van der Waals surface area (Å²) in [6.07, 6.45) is 0. The Labute approximate surface area is 116 Å².